The highest BCUT2D eigenvalue weighted by Crippen LogP contribution is 2.34. The van der Waals surface area contributed by atoms with Gasteiger partial charge in [0.05, 0.1) is 11.2 Å². The number of carboxylic acid groups (broad SMARTS) is 1. The molecule has 1 aliphatic heterocycles. The van der Waals surface area contributed by atoms with Crippen molar-refractivity contribution >= 4 is 39.6 Å². The number of nitrogens with zero attached hydrogens (tertiary/aromatic N) is 1. The normalized spacial score (nSPS) is 21.5. The van der Waals surface area contributed by atoms with Crippen molar-refractivity contribution in [2.24, 2.45) is 5.41 Å². The summed E-state index contributed by atoms with van der Waals surface area (Å²) in [7, 11) is 0. The minimum Gasteiger partial charge on any atom is -0.481 e. The van der Waals surface area contributed by atoms with E-state index in [-0.39, 0.29) is 5.91 Å². The highest BCUT2D eigenvalue weighted by Gasteiger charge is 2.44. The number of rotatable bonds is 5. The van der Waals surface area contributed by atoms with Gasteiger partial charge in [-0.05, 0) is 37.1 Å². The lowest BCUT2D eigenvalue weighted by Gasteiger charge is -2.23. The highest BCUT2D eigenvalue weighted by molar-refractivity contribution is 9.10. The van der Waals surface area contributed by atoms with E-state index in [2.05, 4.69) is 15.9 Å². The lowest BCUT2D eigenvalue weighted by molar-refractivity contribution is -0.148. The Morgan fingerprint density at radius 3 is 2.57 bits per heavy atom. The first-order valence-corrected chi connectivity index (χ1v) is 8.64. The summed E-state index contributed by atoms with van der Waals surface area (Å²) in [5.41, 5.74) is -0.752. The standard InChI is InChI=1S/C15H18BrNO3S/c1-2-15(14(19)20)7-8-17(10-15)13(18)9-21-12-5-3-11(16)4-6-12/h3-6H,2,7-10H2,1H3,(H,19,20). The molecular weight excluding hydrogens is 354 g/mol. The van der Waals surface area contributed by atoms with Crippen LogP contribution in [0.5, 0.6) is 0 Å². The fourth-order valence-electron chi connectivity index (χ4n) is 2.47. The molecule has 2 rings (SSSR count). The zero-order valence-electron chi connectivity index (χ0n) is 11.8. The summed E-state index contributed by atoms with van der Waals surface area (Å²) < 4.78 is 1.01. The maximum atomic E-state index is 12.2. The van der Waals surface area contributed by atoms with Gasteiger partial charge >= 0.3 is 5.97 Å². The zero-order valence-corrected chi connectivity index (χ0v) is 14.2. The minimum absolute atomic E-state index is 0.0134. The number of hydrogen-bond acceptors (Lipinski definition) is 3. The van der Waals surface area contributed by atoms with Crippen molar-refractivity contribution in [3.63, 3.8) is 0 Å². The van der Waals surface area contributed by atoms with Gasteiger partial charge in [-0.15, -0.1) is 11.8 Å². The third-order valence-corrected chi connectivity index (χ3v) is 5.54. The molecule has 0 radical (unpaired) electrons. The summed E-state index contributed by atoms with van der Waals surface area (Å²) in [4.78, 5) is 26.3. The average molecular weight is 372 g/mol. The molecule has 1 aromatic rings. The van der Waals surface area contributed by atoms with Crippen molar-refractivity contribution in [1.82, 2.24) is 4.90 Å². The number of hydrogen-bond donors (Lipinski definition) is 1. The molecule has 21 heavy (non-hydrogen) atoms. The van der Waals surface area contributed by atoms with Crippen LogP contribution in [0.4, 0.5) is 0 Å². The minimum atomic E-state index is -0.791. The Balaban J connectivity index is 1.90. The summed E-state index contributed by atoms with van der Waals surface area (Å²) in [5.74, 6) is -0.429. The van der Waals surface area contributed by atoms with Crippen LogP contribution in [0.15, 0.2) is 33.6 Å². The van der Waals surface area contributed by atoms with E-state index in [1.54, 1.807) is 4.90 Å². The molecule has 1 unspecified atom stereocenters. The Labute approximate surface area is 137 Å². The number of halogens is 1. The van der Waals surface area contributed by atoms with Gasteiger partial charge in [0.25, 0.3) is 0 Å². The van der Waals surface area contributed by atoms with E-state index < -0.39 is 11.4 Å². The largest absolute Gasteiger partial charge is 0.481 e. The molecule has 0 aliphatic carbocycles. The van der Waals surface area contributed by atoms with Gasteiger partial charge in [0.15, 0.2) is 0 Å². The van der Waals surface area contributed by atoms with Gasteiger partial charge in [-0.1, -0.05) is 22.9 Å². The monoisotopic (exact) mass is 371 g/mol. The van der Waals surface area contributed by atoms with E-state index in [0.29, 0.717) is 31.7 Å². The predicted molar refractivity (Wildman–Crippen MR) is 86.4 cm³/mol. The van der Waals surface area contributed by atoms with Crippen molar-refractivity contribution < 1.29 is 14.7 Å². The number of benzene rings is 1. The fourth-order valence-corrected chi connectivity index (χ4v) is 3.53. The van der Waals surface area contributed by atoms with Gasteiger partial charge in [0, 0.05) is 22.5 Å². The molecule has 114 valence electrons. The van der Waals surface area contributed by atoms with Crippen molar-refractivity contribution in [1.29, 1.82) is 0 Å². The van der Waals surface area contributed by atoms with Gasteiger partial charge in [-0.3, -0.25) is 9.59 Å². The Morgan fingerprint density at radius 1 is 1.38 bits per heavy atom. The summed E-state index contributed by atoms with van der Waals surface area (Å²) in [6, 6.07) is 7.80. The third-order valence-electron chi connectivity index (χ3n) is 4.01. The Morgan fingerprint density at radius 2 is 2.05 bits per heavy atom. The van der Waals surface area contributed by atoms with Crippen molar-refractivity contribution in [3.8, 4) is 0 Å². The van der Waals surface area contributed by atoms with Crippen LogP contribution in [-0.2, 0) is 9.59 Å². The SMILES string of the molecule is CCC1(C(=O)O)CCN(C(=O)CSc2ccc(Br)cc2)C1. The van der Waals surface area contributed by atoms with Gasteiger partial charge in [-0.25, -0.2) is 0 Å². The number of likely N-dealkylation sites (tertiary alicyclic amines) is 1. The van der Waals surface area contributed by atoms with Crippen LogP contribution in [0.3, 0.4) is 0 Å². The number of carbonyl (C=O) groups is 2. The second kappa shape index (κ2) is 6.83. The maximum absolute atomic E-state index is 12.2. The Kier molecular flexibility index (Phi) is 5.32. The second-order valence-corrected chi connectivity index (χ2v) is 7.21. The van der Waals surface area contributed by atoms with E-state index in [9.17, 15) is 14.7 Å². The molecule has 6 heteroatoms. The Hall–Kier alpha value is -1.01. The lowest BCUT2D eigenvalue weighted by Crippen LogP contribution is -2.37. The molecule has 1 fully saturated rings. The van der Waals surface area contributed by atoms with Gasteiger partial charge in [-0.2, -0.15) is 0 Å². The van der Waals surface area contributed by atoms with Crippen LogP contribution in [0, 0.1) is 5.41 Å². The first kappa shape index (κ1) is 16.4. The Bertz CT molecular complexity index is 534. The molecule has 1 amide bonds. The molecule has 0 bridgehead atoms. The van der Waals surface area contributed by atoms with Crippen LogP contribution in [0.25, 0.3) is 0 Å². The van der Waals surface area contributed by atoms with Crippen molar-refractivity contribution in [2.45, 2.75) is 24.7 Å². The number of amides is 1. The van der Waals surface area contributed by atoms with Crippen LogP contribution in [-0.4, -0.2) is 40.7 Å². The molecule has 1 aliphatic rings. The quantitative estimate of drug-likeness (QED) is 0.807. The molecule has 1 atom stereocenters. The molecule has 0 spiro atoms. The zero-order chi connectivity index (χ0) is 15.5. The molecule has 1 heterocycles. The van der Waals surface area contributed by atoms with Crippen LogP contribution in [0.2, 0.25) is 0 Å². The summed E-state index contributed by atoms with van der Waals surface area (Å²) in [6.45, 7) is 2.75. The van der Waals surface area contributed by atoms with Gasteiger partial charge < -0.3 is 10.0 Å². The third kappa shape index (κ3) is 3.80. The average Bonchev–Trinajstić information content (AvgIpc) is 2.92. The molecule has 1 saturated heterocycles. The maximum Gasteiger partial charge on any atom is 0.311 e. The first-order valence-electron chi connectivity index (χ1n) is 6.86. The van der Waals surface area contributed by atoms with Crippen LogP contribution < -0.4 is 0 Å². The van der Waals surface area contributed by atoms with Gasteiger partial charge in [0.2, 0.25) is 5.91 Å². The topological polar surface area (TPSA) is 57.6 Å². The van der Waals surface area contributed by atoms with E-state index in [1.807, 2.05) is 31.2 Å². The van der Waals surface area contributed by atoms with E-state index in [1.165, 1.54) is 11.8 Å². The first-order chi connectivity index (χ1) is 9.97. The van der Waals surface area contributed by atoms with Crippen molar-refractivity contribution in [3.05, 3.63) is 28.7 Å². The van der Waals surface area contributed by atoms with E-state index in [4.69, 9.17) is 0 Å². The smallest absolute Gasteiger partial charge is 0.311 e. The highest BCUT2D eigenvalue weighted by atomic mass is 79.9. The van der Waals surface area contributed by atoms with E-state index >= 15 is 0 Å². The molecule has 0 aromatic heterocycles. The molecule has 1 aromatic carbocycles. The summed E-state index contributed by atoms with van der Waals surface area (Å²) >= 11 is 4.85. The molecule has 4 nitrogen and oxygen atoms in total. The number of aliphatic carboxylic acids is 1. The fraction of sp³-hybridized carbons (Fsp3) is 0.467. The number of thioether (sulfide) groups is 1. The van der Waals surface area contributed by atoms with Crippen LogP contribution >= 0.6 is 27.7 Å². The lowest BCUT2D eigenvalue weighted by atomic mass is 9.84. The number of carbonyl (C=O) groups excluding carboxylic acids is 1. The molecule has 0 saturated carbocycles. The second-order valence-electron chi connectivity index (χ2n) is 5.25. The van der Waals surface area contributed by atoms with Crippen LogP contribution in [0.1, 0.15) is 19.8 Å². The van der Waals surface area contributed by atoms with E-state index in [0.717, 1.165) is 9.37 Å². The van der Waals surface area contributed by atoms with Gasteiger partial charge in [0.1, 0.15) is 0 Å². The molecular formula is C15H18BrNO3S. The summed E-state index contributed by atoms with van der Waals surface area (Å²) in [6.07, 6.45) is 1.11. The van der Waals surface area contributed by atoms with Crippen molar-refractivity contribution in [2.75, 3.05) is 18.8 Å². The number of carboxylic acids is 1. The predicted octanol–water partition coefficient (Wildman–Crippen LogP) is 3.25. The molecule has 1 N–H and O–H groups in total. The summed E-state index contributed by atoms with van der Waals surface area (Å²) in [5, 5.41) is 9.35.